The van der Waals surface area contributed by atoms with Crippen molar-refractivity contribution in [1.82, 2.24) is 20.5 Å². The second-order valence-electron chi connectivity index (χ2n) is 7.20. The number of hydrogen-bond donors (Lipinski definition) is 2. The van der Waals surface area contributed by atoms with Gasteiger partial charge in [-0.3, -0.25) is 14.6 Å². The van der Waals surface area contributed by atoms with Crippen LogP contribution in [0.15, 0.2) is 24.5 Å². The van der Waals surface area contributed by atoms with E-state index in [0.29, 0.717) is 25.9 Å². The minimum Gasteiger partial charge on any atom is -0.356 e. The molecular weight excluding hydrogens is 340 g/mol. The van der Waals surface area contributed by atoms with Gasteiger partial charge in [-0.25, -0.2) is 0 Å². The number of aromatic nitrogens is 1. The van der Waals surface area contributed by atoms with Gasteiger partial charge < -0.3 is 15.5 Å². The van der Waals surface area contributed by atoms with Gasteiger partial charge >= 0.3 is 0 Å². The summed E-state index contributed by atoms with van der Waals surface area (Å²) in [5.74, 6) is 0.153. The molecule has 0 spiro atoms. The Kier molecular flexibility index (Phi) is 8.32. The highest BCUT2D eigenvalue weighted by Crippen LogP contribution is 2.22. The fraction of sp³-hybridized carbons (Fsp3) is 0.611. The van der Waals surface area contributed by atoms with E-state index in [-0.39, 0.29) is 30.3 Å². The molecule has 2 N–H and O–H groups in total. The van der Waals surface area contributed by atoms with Crippen molar-refractivity contribution in [2.45, 2.75) is 39.7 Å². The summed E-state index contributed by atoms with van der Waals surface area (Å²) in [6.07, 6.45) is 4.66. The van der Waals surface area contributed by atoms with Crippen molar-refractivity contribution in [3.8, 4) is 0 Å². The normalized spacial score (nSPS) is 17.6. The number of hydrogen-bond acceptors (Lipinski definition) is 4. The number of piperazine rings is 1. The molecule has 0 saturated carbocycles. The third-order valence-electron chi connectivity index (χ3n) is 4.17. The Morgan fingerprint density at radius 2 is 2.16 bits per heavy atom. The van der Waals surface area contributed by atoms with Gasteiger partial charge in [-0.15, -0.1) is 12.4 Å². The first kappa shape index (κ1) is 21.4. The van der Waals surface area contributed by atoms with E-state index >= 15 is 0 Å². The lowest BCUT2D eigenvalue weighted by Crippen LogP contribution is -2.48. The van der Waals surface area contributed by atoms with Gasteiger partial charge in [-0.2, -0.15) is 0 Å². The zero-order valence-electron chi connectivity index (χ0n) is 15.2. The summed E-state index contributed by atoms with van der Waals surface area (Å²) in [6.45, 7) is 8.44. The number of pyridine rings is 1. The minimum atomic E-state index is -0.395. The second-order valence-corrected chi connectivity index (χ2v) is 7.20. The van der Waals surface area contributed by atoms with Crippen LogP contribution in [0.4, 0.5) is 0 Å². The van der Waals surface area contributed by atoms with Crippen LogP contribution in [0.2, 0.25) is 0 Å². The first-order chi connectivity index (χ1) is 11.4. The molecule has 0 bridgehead atoms. The quantitative estimate of drug-likeness (QED) is 0.779. The molecule has 0 aromatic carbocycles. The maximum absolute atomic E-state index is 12.6. The average Bonchev–Trinajstić information content (AvgIpc) is 2.58. The average molecular weight is 369 g/mol. The summed E-state index contributed by atoms with van der Waals surface area (Å²) in [6, 6.07) is 3.94. The maximum Gasteiger partial charge on any atom is 0.225 e. The molecule has 0 aliphatic carbocycles. The van der Waals surface area contributed by atoms with Gasteiger partial charge in [-0.1, -0.05) is 26.8 Å². The molecule has 1 saturated heterocycles. The fourth-order valence-corrected chi connectivity index (χ4v) is 2.72. The molecule has 2 heterocycles. The second kappa shape index (κ2) is 9.73. The summed E-state index contributed by atoms with van der Waals surface area (Å²) in [4.78, 5) is 30.5. The molecule has 2 rings (SSSR count). The molecule has 1 aliphatic heterocycles. The van der Waals surface area contributed by atoms with E-state index in [4.69, 9.17) is 0 Å². The van der Waals surface area contributed by atoms with Gasteiger partial charge in [0.25, 0.3) is 0 Å². The third-order valence-corrected chi connectivity index (χ3v) is 4.17. The standard InChI is InChI=1S/C18H28N4O2.ClH/c1-18(2,3)17(24)21-9-5-7-16(23)22-11-10-20-13-15(22)14-6-4-8-19-12-14;/h4,6,8,12,15,20H,5,7,9-11,13H2,1-3H3,(H,21,24);1H. The van der Waals surface area contributed by atoms with E-state index in [1.165, 1.54) is 0 Å². The summed E-state index contributed by atoms with van der Waals surface area (Å²) < 4.78 is 0. The molecule has 1 aromatic heterocycles. The molecule has 140 valence electrons. The lowest BCUT2D eigenvalue weighted by atomic mass is 9.96. The number of nitrogens with zero attached hydrogens (tertiary/aromatic N) is 2. The Morgan fingerprint density at radius 3 is 2.80 bits per heavy atom. The largest absolute Gasteiger partial charge is 0.356 e. The van der Waals surface area contributed by atoms with Gasteiger partial charge in [0.05, 0.1) is 6.04 Å². The zero-order chi connectivity index (χ0) is 17.6. The fourth-order valence-electron chi connectivity index (χ4n) is 2.72. The number of carbonyl (C=O) groups is 2. The Labute approximate surface area is 156 Å². The molecule has 1 unspecified atom stereocenters. The van der Waals surface area contributed by atoms with Crippen LogP contribution < -0.4 is 10.6 Å². The summed E-state index contributed by atoms with van der Waals surface area (Å²) in [5, 5.41) is 6.23. The van der Waals surface area contributed by atoms with Crippen molar-refractivity contribution >= 4 is 24.2 Å². The van der Waals surface area contributed by atoms with E-state index in [1.54, 1.807) is 6.20 Å². The van der Waals surface area contributed by atoms with Crippen molar-refractivity contribution in [3.05, 3.63) is 30.1 Å². The van der Waals surface area contributed by atoms with Crippen LogP contribution in [0.5, 0.6) is 0 Å². The lowest BCUT2D eigenvalue weighted by molar-refractivity contribution is -0.135. The van der Waals surface area contributed by atoms with Gasteiger partial charge in [0, 0.05) is 50.4 Å². The summed E-state index contributed by atoms with van der Waals surface area (Å²) >= 11 is 0. The van der Waals surface area contributed by atoms with Gasteiger partial charge in [0.15, 0.2) is 0 Å². The third kappa shape index (κ3) is 6.29. The van der Waals surface area contributed by atoms with E-state index in [0.717, 1.165) is 18.7 Å². The van der Waals surface area contributed by atoms with Gasteiger partial charge in [0.1, 0.15) is 0 Å². The number of amides is 2. The van der Waals surface area contributed by atoms with Crippen molar-refractivity contribution in [2.75, 3.05) is 26.2 Å². The van der Waals surface area contributed by atoms with Gasteiger partial charge in [0.2, 0.25) is 11.8 Å². The van der Waals surface area contributed by atoms with Crippen molar-refractivity contribution in [2.24, 2.45) is 5.41 Å². The summed E-state index contributed by atoms with van der Waals surface area (Å²) in [5.41, 5.74) is 0.660. The highest BCUT2D eigenvalue weighted by atomic mass is 35.5. The van der Waals surface area contributed by atoms with Crippen molar-refractivity contribution < 1.29 is 9.59 Å². The predicted molar refractivity (Wildman–Crippen MR) is 101 cm³/mol. The molecule has 7 heteroatoms. The highest BCUT2D eigenvalue weighted by Gasteiger charge is 2.27. The Bertz CT molecular complexity index is 560. The Balaban J connectivity index is 0.00000312. The Morgan fingerprint density at radius 1 is 1.40 bits per heavy atom. The van der Waals surface area contributed by atoms with E-state index in [2.05, 4.69) is 15.6 Å². The molecule has 1 atom stereocenters. The molecule has 1 aromatic rings. The molecular formula is C18H29ClN4O2. The van der Waals surface area contributed by atoms with Gasteiger partial charge in [-0.05, 0) is 18.1 Å². The van der Waals surface area contributed by atoms with Crippen LogP contribution in [0.1, 0.15) is 45.2 Å². The van der Waals surface area contributed by atoms with E-state index in [9.17, 15) is 9.59 Å². The maximum atomic E-state index is 12.6. The molecule has 2 amide bonds. The first-order valence-corrected chi connectivity index (χ1v) is 8.58. The zero-order valence-corrected chi connectivity index (χ0v) is 16.1. The molecule has 25 heavy (non-hydrogen) atoms. The first-order valence-electron chi connectivity index (χ1n) is 8.58. The van der Waals surface area contributed by atoms with E-state index in [1.807, 2.05) is 44.0 Å². The minimum absolute atomic E-state index is 0. The number of rotatable bonds is 5. The van der Waals surface area contributed by atoms with Crippen LogP contribution >= 0.6 is 12.4 Å². The van der Waals surface area contributed by atoms with Crippen LogP contribution in [0, 0.1) is 5.41 Å². The smallest absolute Gasteiger partial charge is 0.225 e. The van der Waals surface area contributed by atoms with Crippen molar-refractivity contribution in [1.29, 1.82) is 0 Å². The Hall–Kier alpha value is -1.66. The number of halogens is 1. The van der Waals surface area contributed by atoms with Crippen LogP contribution in [0.3, 0.4) is 0 Å². The lowest BCUT2D eigenvalue weighted by Gasteiger charge is -2.36. The van der Waals surface area contributed by atoms with E-state index < -0.39 is 5.41 Å². The number of carbonyl (C=O) groups excluding carboxylic acids is 2. The SMILES string of the molecule is CC(C)(C)C(=O)NCCCC(=O)N1CCNCC1c1cccnc1.Cl. The van der Waals surface area contributed by atoms with Crippen molar-refractivity contribution in [3.63, 3.8) is 0 Å². The number of nitrogens with one attached hydrogen (secondary N) is 2. The summed E-state index contributed by atoms with van der Waals surface area (Å²) in [7, 11) is 0. The molecule has 0 radical (unpaired) electrons. The topological polar surface area (TPSA) is 74.3 Å². The monoisotopic (exact) mass is 368 g/mol. The molecule has 1 fully saturated rings. The highest BCUT2D eigenvalue weighted by molar-refractivity contribution is 5.85. The van der Waals surface area contributed by atoms with Crippen LogP contribution in [0.25, 0.3) is 0 Å². The predicted octanol–water partition coefficient (Wildman–Crippen LogP) is 1.92. The van der Waals surface area contributed by atoms with Crippen LogP contribution in [-0.4, -0.2) is 47.9 Å². The van der Waals surface area contributed by atoms with Crippen LogP contribution in [-0.2, 0) is 9.59 Å². The molecule has 6 nitrogen and oxygen atoms in total. The molecule has 1 aliphatic rings.